The third-order valence-corrected chi connectivity index (χ3v) is 2.88. The SMILES string of the molecule is CCOC(C)(C)CNCc1cc(Cl)ccc1OC. The third kappa shape index (κ3) is 4.84. The van der Waals surface area contributed by atoms with Crippen LogP contribution < -0.4 is 10.1 Å². The van der Waals surface area contributed by atoms with Crippen LogP contribution in [0.2, 0.25) is 5.02 Å². The van der Waals surface area contributed by atoms with Crippen LogP contribution in [-0.2, 0) is 11.3 Å². The van der Waals surface area contributed by atoms with E-state index in [0.29, 0.717) is 6.54 Å². The zero-order valence-corrected chi connectivity index (χ0v) is 12.3. The zero-order chi connectivity index (χ0) is 13.6. The monoisotopic (exact) mass is 271 g/mol. The van der Waals surface area contributed by atoms with Gasteiger partial charge in [0.05, 0.1) is 12.7 Å². The van der Waals surface area contributed by atoms with Crippen LogP contribution in [-0.4, -0.2) is 25.9 Å². The second-order valence-electron chi connectivity index (χ2n) is 4.75. The highest BCUT2D eigenvalue weighted by molar-refractivity contribution is 6.30. The molecule has 0 aliphatic carbocycles. The Bertz CT molecular complexity index is 380. The molecule has 0 fully saturated rings. The Morgan fingerprint density at radius 3 is 2.67 bits per heavy atom. The third-order valence-electron chi connectivity index (χ3n) is 2.64. The molecule has 0 saturated carbocycles. The van der Waals surface area contributed by atoms with Gasteiger partial charge in [0.2, 0.25) is 0 Å². The van der Waals surface area contributed by atoms with Crippen molar-refractivity contribution in [3.63, 3.8) is 0 Å². The van der Waals surface area contributed by atoms with Crippen molar-refractivity contribution in [3.05, 3.63) is 28.8 Å². The van der Waals surface area contributed by atoms with Crippen LogP contribution in [0.4, 0.5) is 0 Å². The molecule has 0 atom stereocenters. The van der Waals surface area contributed by atoms with Gasteiger partial charge in [-0.3, -0.25) is 0 Å². The highest BCUT2D eigenvalue weighted by Crippen LogP contribution is 2.22. The average molecular weight is 272 g/mol. The average Bonchev–Trinajstić information content (AvgIpc) is 2.29. The molecule has 0 radical (unpaired) electrons. The van der Waals surface area contributed by atoms with Gasteiger partial charge in [0.15, 0.2) is 0 Å². The maximum atomic E-state index is 5.98. The Labute approximate surface area is 114 Å². The minimum Gasteiger partial charge on any atom is -0.496 e. The summed E-state index contributed by atoms with van der Waals surface area (Å²) < 4.78 is 10.9. The van der Waals surface area contributed by atoms with E-state index in [1.165, 1.54) is 0 Å². The molecule has 0 aliphatic rings. The van der Waals surface area contributed by atoms with E-state index in [2.05, 4.69) is 19.2 Å². The summed E-state index contributed by atoms with van der Waals surface area (Å²) in [4.78, 5) is 0. The molecular weight excluding hydrogens is 250 g/mol. The van der Waals surface area contributed by atoms with Gasteiger partial charge in [-0.25, -0.2) is 0 Å². The van der Waals surface area contributed by atoms with Gasteiger partial charge in [-0.15, -0.1) is 0 Å². The predicted molar refractivity (Wildman–Crippen MR) is 75.4 cm³/mol. The molecule has 1 aromatic rings. The molecule has 0 bridgehead atoms. The lowest BCUT2D eigenvalue weighted by Gasteiger charge is -2.25. The smallest absolute Gasteiger partial charge is 0.123 e. The summed E-state index contributed by atoms with van der Waals surface area (Å²) in [7, 11) is 1.66. The number of hydrogen-bond acceptors (Lipinski definition) is 3. The summed E-state index contributed by atoms with van der Waals surface area (Å²) in [5, 5.41) is 4.08. The van der Waals surface area contributed by atoms with Crippen LogP contribution in [0.15, 0.2) is 18.2 Å². The summed E-state index contributed by atoms with van der Waals surface area (Å²) in [5.74, 6) is 0.848. The van der Waals surface area contributed by atoms with Gasteiger partial charge in [-0.2, -0.15) is 0 Å². The molecule has 4 heteroatoms. The number of halogens is 1. The molecule has 0 unspecified atom stereocenters. The van der Waals surface area contributed by atoms with Gasteiger partial charge in [-0.05, 0) is 39.0 Å². The Hall–Kier alpha value is -0.770. The quantitative estimate of drug-likeness (QED) is 0.826. The molecule has 0 spiro atoms. The Morgan fingerprint density at radius 2 is 2.06 bits per heavy atom. The highest BCUT2D eigenvalue weighted by atomic mass is 35.5. The van der Waals surface area contributed by atoms with Crippen LogP contribution in [0.1, 0.15) is 26.3 Å². The fraction of sp³-hybridized carbons (Fsp3) is 0.571. The Balaban J connectivity index is 2.55. The normalized spacial score (nSPS) is 11.6. The van der Waals surface area contributed by atoms with Gasteiger partial charge < -0.3 is 14.8 Å². The van der Waals surface area contributed by atoms with Crippen molar-refractivity contribution in [2.24, 2.45) is 0 Å². The molecule has 18 heavy (non-hydrogen) atoms. The largest absolute Gasteiger partial charge is 0.496 e. The molecule has 0 aromatic heterocycles. The molecular formula is C14H22ClNO2. The van der Waals surface area contributed by atoms with E-state index < -0.39 is 0 Å². The molecule has 0 saturated heterocycles. The number of nitrogens with one attached hydrogen (secondary N) is 1. The minimum absolute atomic E-state index is 0.166. The fourth-order valence-corrected chi connectivity index (χ4v) is 2.02. The van der Waals surface area contributed by atoms with Crippen LogP contribution in [0.3, 0.4) is 0 Å². The molecule has 1 aromatic carbocycles. The first-order chi connectivity index (χ1) is 8.48. The van der Waals surface area contributed by atoms with Gasteiger partial charge >= 0.3 is 0 Å². The summed E-state index contributed by atoms with van der Waals surface area (Å²) in [6, 6.07) is 5.63. The second kappa shape index (κ2) is 6.98. The second-order valence-corrected chi connectivity index (χ2v) is 5.19. The van der Waals surface area contributed by atoms with E-state index in [1.54, 1.807) is 7.11 Å². The van der Waals surface area contributed by atoms with E-state index in [0.717, 1.165) is 29.5 Å². The van der Waals surface area contributed by atoms with Gasteiger partial charge in [-0.1, -0.05) is 11.6 Å². The van der Waals surface area contributed by atoms with Crippen molar-refractivity contribution in [1.29, 1.82) is 0 Å². The Kier molecular flexibility index (Phi) is 5.93. The predicted octanol–water partition coefficient (Wildman–Crippen LogP) is 3.25. The molecule has 102 valence electrons. The molecule has 3 nitrogen and oxygen atoms in total. The van der Waals surface area contributed by atoms with E-state index in [1.807, 2.05) is 25.1 Å². The van der Waals surface area contributed by atoms with E-state index >= 15 is 0 Å². The lowest BCUT2D eigenvalue weighted by molar-refractivity contribution is -0.00900. The van der Waals surface area contributed by atoms with Crippen LogP contribution in [0.5, 0.6) is 5.75 Å². The number of rotatable bonds is 7. The van der Waals surface area contributed by atoms with Crippen molar-refractivity contribution >= 4 is 11.6 Å². The zero-order valence-electron chi connectivity index (χ0n) is 11.5. The fourth-order valence-electron chi connectivity index (χ4n) is 1.83. The lowest BCUT2D eigenvalue weighted by atomic mass is 10.1. The van der Waals surface area contributed by atoms with Crippen molar-refractivity contribution in [2.75, 3.05) is 20.3 Å². The number of benzene rings is 1. The molecule has 1 N–H and O–H groups in total. The number of ether oxygens (including phenoxy) is 2. The Morgan fingerprint density at radius 1 is 1.33 bits per heavy atom. The maximum absolute atomic E-state index is 5.98. The number of methoxy groups -OCH3 is 1. The van der Waals surface area contributed by atoms with Crippen LogP contribution >= 0.6 is 11.6 Å². The van der Waals surface area contributed by atoms with Crippen molar-refractivity contribution < 1.29 is 9.47 Å². The van der Waals surface area contributed by atoms with Gasteiger partial charge in [0, 0.05) is 30.3 Å². The first kappa shape index (κ1) is 15.3. The van der Waals surface area contributed by atoms with E-state index in [4.69, 9.17) is 21.1 Å². The summed E-state index contributed by atoms with van der Waals surface area (Å²) >= 11 is 5.98. The summed E-state index contributed by atoms with van der Waals surface area (Å²) in [6.07, 6.45) is 0. The summed E-state index contributed by atoms with van der Waals surface area (Å²) in [5.41, 5.74) is 0.887. The first-order valence-electron chi connectivity index (χ1n) is 6.15. The van der Waals surface area contributed by atoms with Gasteiger partial charge in [0.1, 0.15) is 5.75 Å². The first-order valence-corrected chi connectivity index (χ1v) is 6.53. The molecule has 0 aliphatic heterocycles. The van der Waals surface area contributed by atoms with E-state index in [-0.39, 0.29) is 5.60 Å². The molecule has 0 heterocycles. The van der Waals surface area contributed by atoms with Crippen LogP contribution in [0, 0.1) is 0 Å². The van der Waals surface area contributed by atoms with E-state index in [9.17, 15) is 0 Å². The molecule has 0 amide bonds. The van der Waals surface area contributed by atoms with Crippen molar-refractivity contribution in [3.8, 4) is 5.75 Å². The van der Waals surface area contributed by atoms with Crippen LogP contribution in [0.25, 0.3) is 0 Å². The van der Waals surface area contributed by atoms with Gasteiger partial charge in [0.25, 0.3) is 0 Å². The van der Waals surface area contributed by atoms with Crippen molar-refractivity contribution in [2.45, 2.75) is 32.9 Å². The maximum Gasteiger partial charge on any atom is 0.123 e. The lowest BCUT2D eigenvalue weighted by Crippen LogP contribution is -2.37. The van der Waals surface area contributed by atoms with Crippen molar-refractivity contribution in [1.82, 2.24) is 5.32 Å². The number of hydrogen-bond donors (Lipinski definition) is 1. The topological polar surface area (TPSA) is 30.5 Å². The highest BCUT2D eigenvalue weighted by Gasteiger charge is 2.17. The standard InChI is InChI=1S/C14H22ClNO2/c1-5-18-14(2,3)10-16-9-11-8-12(15)6-7-13(11)17-4/h6-8,16H,5,9-10H2,1-4H3. The molecule has 1 rings (SSSR count). The summed E-state index contributed by atoms with van der Waals surface area (Å²) in [6.45, 7) is 8.34. The minimum atomic E-state index is -0.166.